The Morgan fingerprint density at radius 3 is 2.70 bits per heavy atom. The lowest BCUT2D eigenvalue weighted by Gasteiger charge is -2.21. The van der Waals surface area contributed by atoms with Crippen LogP contribution in [-0.4, -0.2) is 47.5 Å². The number of hydrogen-bond donors (Lipinski definition) is 0. The van der Waals surface area contributed by atoms with Crippen LogP contribution in [0.5, 0.6) is 11.5 Å². The molecule has 23 heavy (non-hydrogen) atoms. The fourth-order valence-electron chi connectivity index (χ4n) is 2.02. The standard InChI is InChI=1S/C15H19N3O3S2/c1-4-18(14(19)9-22-15-17-16-10-23-15)8-11-5-6-12(20-2)13(7-11)21-3/h5-7,10H,4,8-9H2,1-3H3. The molecule has 0 atom stereocenters. The molecule has 0 spiro atoms. The molecule has 1 amide bonds. The van der Waals surface area contributed by atoms with Gasteiger partial charge in [-0.1, -0.05) is 29.2 Å². The van der Waals surface area contributed by atoms with Crippen LogP contribution in [0.25, 0.3) is 0 Å². The maximum Gasteiger partial charge on any atom is 0.233 e. The topological polar surface area (TPSA) is 64.6 Å². The van der Waals surface area contributed by atoms with E-state index in [2.05, 4.69) is 10.2 Å². The quantitative estimate of drug-likeness (QED) is 0.680. The van der Waals surface area contributed by atoms with Crippen LogP contribution in [0.3, 0.4) is 0 Å². The van der Waals surface area contributed by atoms with Gasteiger partial charge < -0.3 is 14.4 Å². The number of carbonyl (C=O) groups is 1. The van der Waals surface area contributed by atoms with Crippen molar-refractivity contribution in [2.24, 2.45) is 0 Å². The molecule has 0 aliphatic heterocycles. The van der Waals surface area contributed by atoms with E-state index in [0.717, 1.165) is 9.90 Å². The molecule has 0 saturated heterocycles. The van der Waals surface area contributed by atoms with Crippen LogP contribution in [0.15, 0.2) is 28.0 Å². The molecule has 0 bridgehead atoms. The Hall–Kier alpha value is -1.80. The molecule has 2 aromatic rings. The SMILES string of the molecule is CCN(Cc1ccc(OC)c(OC)c1)C(=O)CSc1nncs1. The Morgan fingerprint density at radius 2 is 2.09 bits per heavy atom. The highest BCUT2D eigenvalue weighted by atomic mass is 32.2. The number of amides is 1. The summed E-state index contributed by atoms with van der Waals surface area (Å²) in [6.07, 6.45) is 0. The van der Waals surface area contributed by atoms with Crippen LogP contribution in [0.1, 0.15) is 12.5 Å². The second-order valence-electron chi connectivity index (χ2n) is 4.59. The van der Waals surface area contributed by atoms with Crippen LogP contribution in [0.2, 0.25) is 0 Å². The van der Waals surface area contributed by atoms with Crippen molar-refractivity contribution in [3.63, 3.8) is 0 Å². The van der Waals surface area contributed by atoms with Crippen molar-refractivity contribution in [2.75, 3.05) is 26.5 Å². The first-order chi connectivity index (χ1) is 11.2. The monoisotopic (exact) mass is 353 g/mol. The minimum Gasteiger partial charge on any atom is -0.493 e. The van der Waals surface area contributed by atoms with Crippen molar-refractivity contribution in [3.05, 3.63) is 29.3 Å². The molecular formula is C15H19N3O3S2. The number of rotatable bonds is 8. The highest BCUT2D eigenvalue weighted by Crippen LogP contribution is 2.28. The van der Waals surface area contributed by atoms with Crippen LogP contribution in [-0.2, 0) is 11.3 Å². The van der Waals surface area contributed by atoms with E-state index < -0.39 is 0 Å². The number of aromatic nitrogens is 2. The number of thioether (sulfide) groups is 1. The molecule has 6 nitrogen and oxygen atoms in total. The third-order valence-electron chi connectivity index (χ3n) is 3.21. The van der Waals surface area contributed by atoms with Crippen LogP contribution >= 0.6 is 23.1 Å². The number of methoxy groups -OCH3 is 2. The summed E-state index contributed by atoms with van der Waals surface area (Å²) in [5, 5.41) is 7.69. The molecule has 0 saturated carbocycles. The maximum absolute atomic E-state index is 12.4. The number of benzene rings is 1. The van der Waals surface area contributed by atoms with Gasteiger partial charge in [0.25, 0.3) is 0 Å². The van der Waals surface area contributed by atoms with Gasteiger partial charge in [-0.25, -0.2) is 0 Å². The Balaban J connectivity index is 1.99. The third kappa shape index (κ3) is 4.84. The van der Waals surface area contributed by atoms with Gasteiger partial charge in [0.05, 0.1) is 20.0 Å². The molecular weight excluding hydrogens is 334 g/mol. The molecule has 0 N–H and O–H groups in total. The fourth-order valence-corrected chi connectivity index (χ4v) is 3.41. The zero-order chi connectivity index (χ0) is 16.7. The van der Waals surface area contributed by atoms with Gasteiger partial charge in [0.1, 0.15) is 5.51 Å². The Bertz CT molecular complexity index is 635. The van der Waals surface area contributed by atoms with Gasteiger partial charge >= 0.3 is 0 Å². The van der Waals surface area contributed by atoms with Crippen molar-refractivity contribution < 1.29 is 14.3 Å². The molecule has 1 heterocycles. The summed E-state index contributed by atoms with van der Waals surface area (Å²) in [5.41, 5.74) is 2.66. The van der Waals surface area contributed by atoms with E-state index >= 15 is 0 Å². The summed E-state index contributed by atoms with van der Waals surface area (Å²) in [6.45, 7) is 3.14. The van der Waals surface area contributed by atoms with Crippen molar-refractivity contribution >= 4 is 29.0 Å². The lowest BCUT2D eigenvalue weighted by atomic mass is 10.2. The lowest BCUT2D eigenvalue weighted by Crippen LogP contribution is -2.31. The lowest BCUT2D eigenvalue weighted by molar-refractivity contribution is -0.128. The summed E-state index contributed by atoms with van der Waals surface area (Å²) in [4.78, 5) is 14.2. The van der Waals surface area contributed by atoms with Crippen LogP contribution < -0.4 is 9.47 Å². The van der Waals surface area contributed by atoms with Gasteiger partial charge in [-0.15, -0.1) is 10.2 Å². The summed E-state index contributed by atoms with van der Waals surface area (Å²) in [6, 6.07) is 5.68. The van der Waals surface area contributed by atoms with E-state index in [-0.39, 0.29) is 5.91 Å². The molecule has 124 valence electrons. The summed E-state index contributed by atoms with van der Waals surface area (Å²) >= 11 is 2.85. The van der Waals surface area contributed by atoms with Crippen molar-refractivity contribution in [1.29, 1.82) is 0 Å². The second-order valence-corrected chi connectivity index (χ2v) is 6.65. The predicted octanol–water partition coefficient (Wildman–Crippen LogP) is 2.70. The summed E-state index contributed by atoms with van der Waals surface area (Å²) < 4.78 is 11.3. The van der Waals surface area contributed by atoms with Gasteiger partial charge in [-0.05, 0) is 24.6 Å². The molecule has 0 unspecified atom stereocenters. The summed E-state index contributed by atoms with van der Waals surface area (Å²) in [7, 11) is 3.20. The molecule has 0 aliphatic carbocycles. The van der Waals surface area contributed by atoms with E-state index in [4.69, 9.17) is 9.47 Å². The maximum atomic E-state index is 12.4. The summed E-state index contributed by atoms with van der Waals surface area (Å²) in [5.74, 6) is 1.77. The number of nitrogens with zero attached hydrogens (tertiary/aromatic N) is 3. The van der Waals surface area contributed by atoms with Gasteiger partial charge in [0, 0.05) is 13.1 Å². The smallest absolute Gasteiger partial charge is 0.233 e. The predicted molar refractivity (Wildman–Crippen MR) is 91.3 cm³/mol. The number of hydrogen-bond acceptors (Lipinski definition) is 7. The molecule has 0 aliphatic rings. The average Bonchev–Trinajstić information content (AvgIpc) is 3.10. The van der Waals surface area contributed by atoms with Crippen molar-refractivity contribution in [3.8, 4) is 11.5 Å². The zero-order valence-electron chi connectivity index (χ0n) is 13.3. The van der Waals surface area contributed by atoms with Gasteiger partial charge in [-0.2, -0.15) is 0 Å². The van der Waals surface area contributed by atoms with Crippen LogP contribution in [0, 0.1) is 0 Å². The normalized spacial score (nSPS) is 10.4. The van der Waals surface area contributed by atoms with E-state index in [1.54, 1.807) is 24.6 Å². The van der Waals surface area contributed by atoms with E-state index in [1.165, 1.54) is 23.1 Å². The minimum atomic E-state index is 0.0717. The fraction of sp³-hybridized carbons (Fsp3) is 0.400. The molecule has 8 heteroatoms. The first-order valence-electron chi connectivity index (χ1n) is 7.05. The third-order valence-corrected chi connectivity index (χ3v) is 5.06. The first-order valence-corrected chi connectivity index (χ1v) is 8.92. The Kier molecular flexibility index (Phi) is 6.66. The van der Waals surface area contributed by atoms with Gasteiger partial charge in [0.15, 0.2) is 15.8 Å². The van der Waals surface area contributed by atoms with E-state index in [0.29, 0.717) is 30.3 Å². The van der Waals surface area contributed by atoms with Crippen LogP contribution in [0.4, 0.5) is 0 Å². The number of ether oxygens (including phenoxy) is 2. The largest absolute Gasteiger partial charge is 0.493 e. The zero-order valence-corrected chi connectivity index (χ0v) is 14.9. The molecule has 2 rings (SSSR count). The minimum absolute atomic E-state index is 0.0717. The van der Waals surface area contributed by atoms with Gasteiger partial charge in [0.2, 0.25) is 5.91 Å². The molecule has 0 radical (unpaired) electrons. The van der Waals surface area contributed by atoms with Crippen molar-refractivity contribution in [2.45, 2.75) is 17.8 Å². The average molecular weight is 353 g/mol. The highest BCUT2D eigenvalue weighted by Gasteiger charge is 2.14. The first kappa shape index (κ1) is 17.6. The Labute approximate surface area is 143 Å². The molecule has 1 aromatic heterocycles. The number of carbonyl (C=O) groups excluding carboxylic acids is 1. The molecule has 1 aromatic carbocycles. The second kappa shape index (κ2) is 8.73. The highest BCUT2D eigenvalue weighted by molar-refractivity contribution is 8.01. The Morgan fingerprint density at radius 1 is 1.30 bits per heavy atom. The van der Waals surface area contributed by atoms with E-state index in [9.17, 15) is 4.79 Å². The van der Waals surface area contributed by atoms with E-state index in [1.807, 2.05) is 25.1 Å². The van der Waals surface area contributed by atoms with Gasteiger partial charge in [-0.3, -0.25) is 4.79 Å². The molecule has 0 fully saturated rings. The van der Waals surface area contributed by atoms with Crippen molar-refractivity contribution in [1.82, 2.24) is 15.1 Å².